The molecule has 0 heterocycles. The Morgan fingerprint density at radius 2 is 0.759 bits per heavy atom. The predicted molar refractivity (Wildman–Crippen MR) is 397 cm³/mol. The highest BCUT2D eigenvalue weighted by atomic mass is 16.4. The third-order valence-corrected chi connectivity index (χ3v) is 18.1. The fourth-order valence-electron chi connectivity index (χ4n) is 11.1. The summed E-state index contributed by atoms with van der Waals surface area (Å²) in [6.07, 6.45) is -0.315. The monoisotopic (exact) mass is 1520 g/mol. The summed E-state index contributed by atoms with van der Waals surface area (Å²) in [5.41, 5.74) is 18.4. The van der Waals surface area contributed by atoms with Crippen molar-refractivity contribution in [2.75, 3.05) is 26.2 Å². The van der Waals surface area contributed by atoms with Crippen molar-refractivity contribution in [3.63, 3.8) is 0 Å². The lowest BCUT2D eigenvalue weighted by molar-refractivity contribution is -0.142. The summed E-state index contributed by atoms with van der Waals surface area (Å²) in [5.74, 6) is -17.7. The predicted octanol–water partition coefficient (Wildman–Crippen LogP) is -2.30. The van der Waals surface area contributed by atoms with Gasteiger partial charge in [0.05, 0.1) is 19.6 Å². The normalized spacial score (nSPS) is 15.3. The maximum absolute atomic E-state index is 14.7. The maximum Gasteiger partial charge on any atom is 0.305 e. The van der Waals surface area contributed by atoms with E-state index < -0.39 is 217 Å². The zero-order chi connectivity index (χ0) is 81.3. The molecule has 14 amide bonds. The molecular weight excluding hydrogens is 1400 g/mol. The second kappa shape index (κ2) is 49.7. The average molecular weight is 1520 g/mol. The first-order valence-electron chi connectivity index (χ1n) is 36.7. The van der Waals surface area contributed by atoms with Gasteiger partial charge in [0.1, 0.15) is 72.5 Å². The fraction of sp³-hybridized carbons (Fsp3) is 0.616. The molecule has 0 fully saturated rings. The quantitative estimate of drug-likeness (QED) is 0.0310. The minimum absolute atomic E-state index is 0.0389. The highest BCUT2D eigenvalue weighted by molar-refractivity contribution is 6.00. The Morgan fingerprint density at radius 1 is 0.398 bits per heavy atom. The van der Waals surface area contributed by atoms with Crippen molar-refractivity contribution in [2.45, 2.75) is 238 Å². The summed E-state index contributed by atoms with van der Waals surface area (Å²) in [6, 6.07) is -0.890. The van der Waals surface area contributed by atoms with Crippen LogP contribution in [0.3, 0.4) is 0 Å². The summed E-state index contributed by atoms with van der Waals surface area (Å²) >= 11 is 0. The number of carboxylic acid groups (broad SMARTS) is 2. The Kier molecular flexibility index (Phi) is 43.2. The molecule has 0 aliphatic rings. The molecule has 35 nitrogen and oxygen atoms in total. The van der Waals surface area contributed by atoms with Crippen molar-refractivity contribution in [1.82, 2.24) is 69.1 Å². The van der Waals surface area contributed by atoms with Gasteiger partial charge in [-0.2, -0.15) is 0 Å². The van der Waals surface area contributed by atoms with Gasteiger partial charge in [-0.15, -0.1) is 0 Å². The molecular formula is C73H116N16O19. The molecule has 0 saturated heterocycles. The number of unbranched alkanes of at least 4 members (excludes halogenated alkanes) is 2. The number of benzene rings is 2. The number of nitrogens with two attached hydrogens (primary N) is 3. The van der Waals surface area contributed by atoms with Gasteiger partial charge in [0, 0.05) is 26.2 Å². The van der Waals surface area contributed by atoms with Crippen LogP contribution in [0, 0.1) is 23.7 Å². The van der Waals surface area contributed by atoms with Crippen LogP contribution in [-0.4, -0.2) is 209 Å². The van der Waals surface area contributed by atoms with Crippen LogP contribution in [0.2, 0.25) is 0 Å². The van der Waals surface area contributed by atoms with Gasteiger partial charge in [0.2, 0.25) is 82.7 Å². The lowest BCUT2D eigenvalue weighted by Gasteiger charge is -2.31. The Hall–Kier alpha value is -10.2. The number of carboxylic acids is 2. The molecule has 2 rings (SSSR count). The van der Waals surface area contributed by atoms with Crippen molar-refractivity contribution < 1.29 is 92.0 Å². The number of hydrogen-bond acceptors (Lipinski definition) is 19. The number of nitrogens with one attached hydrogen (secondary N) is 13. The van der Waals surface area contributed by atoms with E-state index in [1.54, 1.807) is 116 Å². The number of amides is 14. The molecule has 2 aromatic rings. The second-order valence-electron chi connectivity index (χ2n) is 27.5. The van der Waals surface area contributed by atoms with Gasteiger partial charge in [0.15, 0.2) is 0 Å². The molecule has 602 valence electrons. The molecule has 2 aromatic carbocycles. The number of carbonyl (C=O) groups is 16. The lowest BCUT2D eigenvalue weighted by atomic mass is 9.94. The van der Waals surface area contributed by atoms with Crippen LogP contribution in [-0.2, 0) is 89.6 Å². The zero-order valence-corrected chi connectivity index (χ0v) is 63.6. The molecule has 22 N–H and O–H groups in total. The van der Waals surface area contributed by atoms with Crippen LogP contribution in [0.25, 0.3) is 0 Å². The van der Waals surface area contributed by atoms with Crippen LogP contribution in [0.4, 0.5) is 0 Å². The minimum atomic E-state index is -1.87. The first kappa shape index (κ1) is 93.9. The molecule has 0 unspecified atom stereocenters. The van der Waals surface area contributed by atoms with Gasteiger partial charge in [-0.1, -0.05) is 135 Å². The molecule has 0 bridgehead atoms. The van der Waals surface area contributed by atoms with Crippen molar-refractivity contribution >= 4 is 94.6 Å². The van der Waals surface area contributed by atoms with Gasteiger partial charge in [-0.3, -0.25) is 76.7 Å². The summed E-state index contributed by atoms with van der Waals surface area (Å²) in [5, 5.41) is 62.7. The smallest absolute Gasteiger partial charge is 0.305 e. The van der Waals surface area contributed by atoms with Gasteiger partial charge in [-0.05, 0) is 106 Å². The summed E-state index contributed by atoms with van der Waals surface area (Å²) in [6.45, 7) is 15.0. The summed E-state index contributed by atoms with van der Waals surface area (Å²) in [7, 11) is 0. The van der Waals surface area contributed by atoms with E-state index in [4.69, 9.17) is 17.2 Å². The van der Waals surface area contributed by atoms with Crippen LogP contribution in [0.1, 0.15) is 164 Å². The second-order valence-corrected chi connectivity index (χ2v) is 27.5. The lowest BCUT2D eigenvalue weighted by Crippen LogP contribution is -2.62. The average Bonchev–Trinajstić information content (AvgIpc) is 0.846. The van der Waals surface area contributed by atoms with Crippen molar-refractivity contribution in [2.24, 2.45) is 40.9 Å². The van der Waals surface area contributed by atoms with E-state index in [9.17, 15) is 92.0 Å². The molecule has 0 aliphatic heterocycles. The van der Waals surface area contributed by atoms with Crippen LogP contribution < -0.4 is 86.3 Å². The highest BCUT2D eigenvalue weighted by Gasteiger charge is 2.40. The molecule has 0 saturated carbocycles. The Balaban J connectivity index is 2.47. The van der Waals surface area contributed by atoms with Crippen molar-refractivity contribution in [1.29, 1.82) is 0 Å². The summed E-state index contributed by atoms with van der Waals surface area (Å²) in [4.78, 5) is 217. The van der Waals surface area contributed by atoms with E-state index in [2.05, 4.69) is 69.1 Å². The molecule has 0 spiro atoms. The number of rotatable bonds is 52. The molecule has 0 aromatic heterocycles. The Labute approximate surface area is 630 Å². The first-order chi connectivity index (χ1) is 51.0. The molecule has 108 heavy (non-hydrogen) atoms. The number of carbonyl (C=O) groups excluding carboxylic acids is 14. The SMILES string of the molecule is CC[C@H](C)[C@H](NC(=O)[C@H](CCCCN)NC(=O)[C@H](CCCCN)NC(=O)[C@@H](NC(=O)[C@@H](NC(=O)[C@H](CC(=O)O)NC(=O)[C@H](Cc1ccccc1)NC(=O)[C@H](CC(C)C)NC(=O)CNC(C)=O)[C@@H](C)CC)[C@@H](C)CC)C(=O)N[C@@H](C)C(=O)N[C@@H](CCC(=O)O)C(=O)N[C@@H](CO)C(=O)N[C@@H](Cc1ccccc1)C(N)=O. The van der Waals surface area contributed by atoms with E-state index in [0.717, 1.165) is 0 Å². The molecule has 0 radical (unpaired) electrons. The molecule has 35 heteroatoms. The van der Waals surface area contributed by atoms with Crippen LogP contribution >= 0.6 is 0 Å². The molecule has 0 aliphatic carbocycles. The number of aliphatic carboxylic acids is 2. The summed E-state index contributed by atoms with van der Waals surface area (Å²) < 4.78 is 0. The first-order valence-corrected chi connectivity index (χ1v) is 36.7. The van der Waals surface area contributed by atoms with Gasteiger partial charge in [0.25, 0.3) is 0 Å². The standard InChI is InChI=1S/C73H116N16O19/c1-11-41(6)59(71(106)78-44(9)63(98)80-50(30-31-57(93)94)65(100)86-55(39-90)70(105)83-51(62(76)97)35-46-24-16-14-17-25-46)87-66(101)49(29-21-23-33-75)81-64(99)48(28-20-22-32-74)82-72(107)60(42(7)12-2)89-73(108)61(43(8)13-3)88-69(104)54(37-58(95)96)85-68(103)53(36-47-26-18-15-19-27-47)84-67(102)52(34-40(4)5)79-56(92)38-77-45(10)91/h14-19,24-27,40-44,48-55,59-61,90H,11-13,20-23,28-39,74-75H2,1-10H3,(H2,76,97)(H,77,91)(H,78,106)(H,79,92)(H,80,98)(H,81,99)(H,82,107)(H,83,105)(H,84,102)(H,85,103)(H,86,100)(H,87,101)(H,88,104)(H,89,108)(H,93,94)(H,95,96)/t41-,42-,43-,44-,48-,49-,50-,51-,52-,53-,54-,55-,59-,60-,61-/m0/s1. The van der Waals surface area contributed by atoms with E-state index in [1.807, 2.05) is 0 Å². The van der Waals surface area contributed by atoms with Crippen LogP contribution in [0.15, 0.2) is 60.7 Å². The largest absolute Gasteiger partial charge is 0.481 e. The third kappa shape index (κ3) is 34.6. The van der Waals surface area contributed by atoms with Crippen molar-refractivity contribution in [3.8, 4) is 0 Å². The number of primary amides is 1. The Bertz CT molecular complexity index is 3310. The topological polar surface area (TPSA) is 568 Å². The third-order valence-electron chi connectivity index (χ3n) is 18.1. The van der Waals surface area contributed by atoms with Crippen molar-refractivity contribution in [3.05, 3.63) is 71.8 Å². The van der Waals surface area contributed by atoms with E-state index in [1.165, 1.54) is 13.8 Å². The van der Waals surface area contributed by atoms with E-state index in [-0.39, 0.29) is 83.2 Å². The van der Waals surface area contributed by atoms with Gasteiger partial charge >= 0.3 is 11.9 Å². The fourth-order valence-corrected chi connectivity index (χ4v) is 11.1. The number of aliphatic hydroxyl groups is 1. The highest BCUT2D eigenvalue weighted by Crippen LogP contribution is 2.17. The van der Waals surface area contributed by atoms with E-state index in [0.29, 0.717) is 24.0 Å². The number of hydrogen-bond donors (Lipinski definition) is 19. The number of aliphatic hydroxyl groups excluding tert-OH is 1. The van der Waals surface area contributed by atoms with E-state index >= 15 is 0 Å². The maximum atomic E-state index is 14.7. The van der Waals surface area contributed by atoms with Gasteiger partial charge < -0.3 is 102 Å². The zero-order valence-electron chi connectivity index (χ0n) is 63.6. The van der Waals surface area contributed by atoms with Gasteiger partial charge in [-0.25, -0.2) is 0 Å². The Morgan fingerprint density at radius 3 is 1.19 bits per heavy atom. The molecule has 15 atom stereocenters. The minimum Gasteiger partial charge on any atom is -0.481 e. The van der Waals surface area contributed by atoms with Crippen LogP contribution in [0.5, 0.6) is 0 Å².